The lowest BCUT2D eigenvalue weighted by Gasteiger charge is -2.29. The predicted molar refractivity (Wildman–Crippen MR) is 69.9 cm³/mol. The number of furan rings is 1. The van der Waals surface area contributed by atoms with Gasteiger partial charge in [-0.15, -0.1) is 0 Å². The molecule has 0 aliphatic carbocycles. The average Bonchev–Trinajstić information content (AvgIpc) is 2.89. The van der Waals surface area contributed by atoms with E-state index in [0.717, 1.165) is 19.6 Å². The van der Waals surface area contributed by atoms with Gasteiger partial charge in [0.05, 0.1) is 13.2 Å². The molecule has 20 heavy (non-hydrogen) atoms. The maximum atomic E-state index is 11.9. The Morgan fingerprint density at radius 2 is 2.00 bits per heavy atom. The van der Waals surface area contributed by atoms with Gasteiger partial charge < -0.3 is 19.6 Å². The van der Waals surface area contributed by atoms with E-state index in [9.17, 15) is 9.59 Å². The lowest BCUT2D eigenvalue weighted by Crippen LogP contribution is -2.45. The van der Waals surface area contributed by atoms with Gasteiger partial charge in [0.2, 0.25) is 5.76 Å². The van der Waals surface area contributed by atoms with Crippen LogP contribution in [0.5, 0.6) is 0 Å². The number of carboxylic acids is 1. The van der Waals surface area contributed by atoms with E-state index in [4.69, 9.17) is 14.3 Å². The van der Waals surface area contributed by atoms with Crippen LogP contribution >= 0.6 is 0 Å². The maximum absolute atomic E-state index is 11.9. The second-order valence-electron chi connectivity index (χ2n) is 4.76. The molecule has 1 aromatic heterocycles. The number of hydrogen-bond acceptors (Lipinski definition) is 5. The van der Waals surface area contributed by atoms with Crippen molar-refractivity contribution >= 4 is 11.9 Å². The Morgan fingerprint density at radius 1 is 1.35 bits per heavy atom. The van der Waals surface area contributed by atoms with E-state index in [1.54, 1.807) is 0 Å². The first-order valence-electron chi connectivity index (χ1n) is 6.50. The summed E-state index contributed by atoms with van der Waals surface area (Å²) in [6, 6.07) is 2.57. The number of nitrogens with zero attached hydrogens (tertiary/aromatic N) is 1. The molecule has 2 N–H and O–H groups in total. The van der Waals surface area contributed by atoms with Crippen LogP contribution < -0.4 is 5.32 Å². The number of aromatic carboxylic acids is 1. The minimum Gasteiger partial charge on any atom is -0.475 e. The molecule has 0 spiro atoms. The van der Waals surface area contributed by atoms with E-state index in [0.29, 0.717) is 13.2 Å². The quantitative estimate of drug-likeness (QED) is 0.813. The van der Waals surface area contributed by atoms with E-state index in [2.05, 4.69) is 10.2 Å². The lowest BCUT2D eigenvalue weighted by molar-refractivity contribution is 0.0341. The van der Waals surface area contributed by atoms with Crippen molar-refractivity contribution in [2.24, 2.45) is 0 Å². The standard InChI is InChI=1S/C13H18N2O5/c1-9(8-15-4-6-19-7-5-15)14-12(16)10-2-3-11(20-10)13(17)18/h2-3,9H,4-8H2,1H3,(H,14,16)(H,17,18). The van der Waals surface area contributed by atoms with Crippen molar-refractivity contribution in [1.82, 2.24) is 10.2 Å². The molecule has 1 saturated heterocycles. The molecule has 0 radical (unpaired) electrons. The van der Waals surface area contributed by atoms with Gasteiger partial charge in [0.25, 0.3) is 5.91 Å². The van der Waals surface area contributed by atoms with Crippen molar-refractivity contribution in [1.29, 1.82) is 0 Å². The average molecular weight is 282 g/mol. The molecule has 0 bridgehead atoms. The Kier molecular flexibility index (Phi) is 4.75. The molecule has 110 valence electrons. The topological polar surface area (TPSA) is 92.0 Å². The number of ether oxygens (including phenoxy) is 1. The van der Waals surface area contributed by atoms with E-state index >= 15 is 0 Å². The molecule has 2 heterocycles. The van der Waals surface area contributed by atoms with Gasteiger partial charge in [-0.25, -0.2) is 4.79 Å². The molecule has 1 aliphatic heterocycles. The van der Waals surface area contributed by atoms with Gasteiger partial charge in [-0.1, -0.05) is 0 Å². The van der Waals surface area contributed by atoms with Crippen LogP contribution in [0.15, 0.2) is 16.5 Å². The fraction of sp³-hybridized carbons (Fsp3) is 0.538. The number of nitrogens with one attached hydrogen (secondary N) is 1. The molecular weight excluding hydrogens is 264 g/mol. The highest BCUT2D eigenvalue weighted by molar-refractivity contribution is 5.93. The van der Waals surface area contributed by atoms with Crippen LogP contribution in [0.2, 0.25) is 0 Å². The first-order valence-corrected chi connectivity index (χ1v) is 6.50. The minimum absolute atomic E-state index is 0.0104. The Labute approximate surface area is 116 Å². The van der Waals surface area contributed by atoms with Gasteiger partial charge in [0.1, 0.15) is 0 Å². The molecule has 1 unspecified atom stereocenters. The van der Waals surface area contributed by atoms with E-state index in [1.807, 2.05) is 6.92 Å². The van der Waals surface area contributed by atoms with E-state index in [-0.39, 0.29) is 17.6 Å². The minimum atomic E-state index is -1.19. The van der Waals surface area contributed by atoms with Crippen LogP contribution in [0.1, 0.15) is 28.0 Å². The number of morpholine rings is 1. The predicted octanol–water partition coefficient (Wildman–Crippen LogP) is 0.428. The van der Waals surface area contributed by atoms with Gasteiger partial charge in [0.15, 0.2) is 5.76 Å². The zero-order valence-electron chi connectivity index (χ0n) is 11.3. The summed E-state index contributed by atoms with van der Waals surface area (Å²) in [4.78, 5) is 24.8. The zero-order valence-corrected chi connectivity index (χ0v) is 11.3. The molecule has 2 rings (SSSR count). The molecule has 0 saturated carbocycles. The molecule has 1 amide bonds. The van der Waals surface area contributed by atoms with Gasteiger partial charge in [-0.05, 0) is 19.1 Å². The largest absolute Gasteiger partial charge is 0.475 e. The summed E-state index contributed by atoms with van der Waals surface area (Å²) in [6.45, 7) is 5.74. The van der Waals surface area contributed by atoms with Crippen LogP contribution in [0.25, 0.3) is 0 Å². The number of rotatable bonds is 5. The second kappa shape index (κ2) is 6.53. The normalized spacial score (nSPS) is 17.6. The molecule has 7 heteroatoms. The summed E-state index contributed by atoms with van der Waals surface area (Å²) < 4.78 is 10.2. The summed E-state index contributed by atoms with van der Waals surface area (Å²) in [7, 11) is 0. The third-order valence-corrected chi connectivity index (χ3v) is 3.05. The van der Waals surface area contributed by atoms with E-state index < -0.39 is 11.9 Å². The van der Waals surface area contributed by atoms with Crippen molar-refractivity contribution in [3.63, 3.8) is 0 Å². The highest BCUT2D eigenvalue weighted by Crippen LogP contribution is 2.08. The van der Waals surface area contributed by atoms with Crippen molar-refractivity contribution in [3.05, 3.63) is 23.7 Å². The smallest absolute Gasteiger partial charge is 0.371 e. The third kappa shape index (κ3) is 3.82. The molecule has 1 atom stereocenters. The molecule has 1 aromatic rings. The van der Waals surface area contributed by atoms with Gasteiger partial charge in [-0.2, -0.15) is 0 Å². The Morgan fingerprint density at radius 3 is 2.60 bits per heavy atom. The summed E-state index contributed by atoms with van der Waals surface area (Å²) >= 11 is 0. The summed E-state index contributed by atoms with van der Waals surface area (Å²) in [5.74, 6) is -1.82. The third-order valence-electron chi connectivity index (χ3n) is 3.05. The summed E-state index contributed by atoms with van der Waals surface area (Å²) in [5, 5.41) is 11.5. The Balaban J connectivity index is 1.84. The van der Waals surface area contributed by atoms with Crippen LogP contribution in [0.3, 0.4) is 0 Å². The SMILES string of the molecule is CC(CN1CCOCC1)NC(=O)c1ccc(C(=O)O)o1. The molecule has 1 fully saturated rings. The van der Waals surface area contributed by atoms with Crippen molar-refractivity contribution in [2.45, 2.75) is 13.0 Å². The Hall–Kier alpha value is -1.86. The summed E-state index contributed by atoms with van der Waals surface area (Å²) in [6.07, 6.45) is 0. The highest BCUT2D eigenvalue weighted by atomic mass is 16.5. The van der Waals surface area contributed by atoms with Gasteiger partial charge in [0, 0.05) is 25.7 Å². The van der Waals surface area contributed by atoms with Gasteiger partial charge >= 0.3 is 5.97 Å². The van der Waals surface area contributed by atoms with Crippen molar-refractivity contribution in [2.75, 3.05) is 32.8 Å². The first kappa shape index (κ1) is 14.5. The van der Waals surface area contributed by atoms with Crippen LogP contribution in [-0.4, -0.2) is 60.8 Å². The van der Waals surface area contributed by atoms with Crippen molar-refractivity contribution < 1.29 is 23.8 Å². The molecule has 1 aliphatic rings. The molecule has 0 aromatic carbocycles. The van der Waals surface area contributed by atoms with Crippen molar-refractivity contribution in [3.8, 4) is 0 Å². The highest BCUT2D eigenvalue weighted by Gasteiger charge is 2.19. The van der Waals surface area contributed by atoms with Gasteiger partial charge in [-0.3, -0.25) is 9.69 Å². The maximum Gasteiger partial charge on any atom is 0.371 e. The fourth-order valence-corrected chi connectivity index (χ4v) is 2.09. The Bertz CT molecular complexity index is 479. The summed E-state index contributed by atoms with van der Waals surface area (Å²) in [5.41, 5.74) is 0. The molecule has 7 nitrogen and oxygen atoms in total. The number of hydrogen-bond donors (Lipinski definition) is 2. The number of amides is 1. The zero-order chi connectivity index (χ0) is 14.5. The van der Waals surface area contributed by atoms with E-state index in [1.165, 1.54) is 12.1 Å². The van der Waals surface area contributed by atoms with Crippen LogP contribution in [-0.2, 0) is 4.74 Å². The monoisotopic (exact) mass is 282 g/mol. The second-order valence-corrected chi connectivity index (χ2v) is 4.76. The van der Waals surface area contributed by atoms with Crippen LogP contribution in [0.4, 0.5) is 0 Å². The number of carbonyl (C=O) groups excluding carboxylic acids is 1. The lowest BCUT2D eigenvalue weighted by atomic mass is 10.2. The number of carbonyl (C=O) groups is 2. The first-order chi connectivity index (χ1) is 9.56. The molecular formula is C13H18N2O5. The van der Waals surface area contributed by atoms with Crippen LogP contribution in [0, 0.1) is 0 Å². The number of carboxylic acid groups (broad SMARTS) is 1. The fourth-order valence-electron chi connectivity index (χ4n) is 2.09.